The van der Waals surface area contributed by atoms with E-state index in [-0.39, 0.29) is 17.2 Å². The first-order valence-corrected chi connectivity index (χ1v) is 8.39. The highest BCUT2D eigenvalue weighted by atomic mass is 32.2. The zero-order valence-electron chi connectivity index (χ0n) is 12.7. The molecule has 1 aromatic carbocycles. The maximum atomic E-state index is 12.0. The van der Waals surface area contributed by atoms with Crippen molar-refractivity contribution in [2.24, 2.45) is 0 Å². The Balaban J connectivity index is 2.04. The van der Waals surface area contributed by atoms with Crippen LogP contribution in [0.5, 0.6) is 0 Å². The van der Waals surface area contributed by atoms with Crippen molar-refractivity contribution in [1.29, 1.82) is 0 Å². The average Bonchev–Trinajstić information content (AvgIpc) is 2.84. The molecule has 0 atom stereocenters. The molecule has 0 fully saturated rings. The van der Waals surface area contributed by atoms with Crippen molar-refractivity contribution in [2.45, 2.75) is 37.3 Å². The molecule has 1 aromatic heterocycles. The number of anilines is 1. The normalized spacial score (nSPS) is 11.6. The zero-order valence-corrected chi connectivity index (χ0v) is 13.5. The summed E-state index contributed by atoms with van der Waals surface area (Å²) in [5, 5.41) is 5.81. The third kappa shape index (κ3) is 3.73. The third-order valence-electron chi connectivity index (χ3n) is 3.13. The van der Waals surface area contributed by atoms with E-state index in [4.69, 9.17) is 4.52 Å². The highest BCUT2D eigenvalue weighted by Crippen LogP contribution is 2.17. The number of aromatic nitrogens is 1. The van der Waals surface area contributed by atoms with Crippen molar-refractivity contribution in [1.82, 2.24) is 5.16 Å². The van der Waals surface area contributed by atoms with Crippen molar-refractivity contribution >= 4 is 21.6 Å². The molecule has 2 rings (SSSR count). The van der Waals surface area contributed by atoms with Crippen LogP contribution in [-0.2, 0) is 21.1 Å². The highest BCUT2D eigenvalue weighted by Gasteiger charge is 2.18. The summed E-state index contributed by atoms with van der Waals surface area (Å²) in [5.74, 6) is 0.729. The number of nitrogens with zero attached hydrogens (tertiary/aromatic N) is 1. The molecule has 1 heterocycles. The monoisotopic (exact) mass is 322 g/mol. The topological polar surface area (TPSA) is 89.3 Å². The van der Waals surface area contributed by atoms with Crippen molar-refractivity contribution in [3.05, 3.63) is 41.7 Å². The lowest BCUT2D eigenvalue weighted by molar-refractivity contribution is -0.115. The van der Waals surface area contributed by atoms with Crippen LogP contribution in [0.1, 0.15) is 25.2 Å². The van der Waals surface area contributed by atoms with E-state index >= 15 is 0 Å². The predicted octanol–water partition coefficient (Wildman–Crippen LogP) is 2.35. The number of rotatable bonds is 5. The minimum atomic E-state index is -3.29. The van der Waals surface area contributed by atoms with Gasteiger partial charge in [0.05, 0.1) is 16.6 Å². The molecule has 0 saturated heterocycles. The molecule has 0 unspecified atom stereocenters. The molecule has 0 bridgehead atoms. The zero-order chi connectivity index (χ0) is 16.3. The van der Waals surface area contributed by atoms with Crippen molar-refractivity contribution in [2.75, 3.05) is 5.32 Å². The van der Waals surface area contributed by atoms with Crippen LogP contribution in [0.25, 0.3) is 0 Å². The second-order valence-electron chi connectivity index (χ2n) is 5.29. The molecule has 1 N–H and O–H groups in total. The van der Waals surface area contributed by atoms with Gasteiger partial charge in [0, 0.05) is 6.07 Å². The number of hydrogen-bond donors (Lipinski definition) is 1. The fourth-order valence-corrected chi connectivity index (χ4v) is 2.93. The fourth-order valence-electron chi connectivity index (χ4n) is 1.87. The number of benzene rings is 1. The van der Waals surface area contributed by atoms with Crippen LogP contribution in [0, 0.1) is 6.92 Å². The molecule has 0 spiro atoms. The fraction of sp³-hybridized carbons (Fsp3) is 0.333. The van der Waals surface area contributed by atoms with Gasteiger partial charge in [-0.1, -0.05) is 17.3 Å². The van der Waals surface area contributed by atoms with Gasteiger partial charge in [-0.2, -0.15) is 0 Å². The van der Waals surface area contributed by atoms with E-state index < -0.39 is 15.1 Å². The van der Waals surface area contributed by atoms with Crippen LogP contribution in [0.4, 0.5) is 5.82 Å². The molecular weight excluding hydrogens is 304 g/mol. The molecule has 7 heteroatoms. The van der Waals surface area contributed by atoms with E-state index in [0.29, 0.717) is 11.6 Å². The van der Waals surface area contributed by atoms with Crippen LogP contribution >= 0.6 is 0 Å². The molecule has 0 aliphatic heterocycles. The summed E-state index contributed by atoms with van der Waals surface area (Å²) in [6.45, 7) is 5.00. The van der Waals surface area contributed by atoms with Gasteiger partial charge in [0.25, 0.3) is 0 Å². The van der Waals surface area contributed by atoms with Crippen LogP contribution in [0.2, 0.25) is 0 Å². The molecular formula is C15H18N2O4S. The maximum absolute atomic E-state index is 12.0. The Kier molecular flexibility index (Phi) is 4.65. The Morgan fingerprint density at radius 3 is 2.41 bits per heavy atom. The Morgan fingerprint density at radius 1 is 1.27 bits per heavy atom. The summed E-state index contributed by atoms with van der Waals surface area (Å²) in [7, 11) is -3.29. The molecule has 2 aromatic rings. The number of amides is 1. The number of aryl methyl sites for hydroxylation is 1. The van der Waals surface area contributed by atoms with Gasteiger partial charge in [-0.15, -0.1) is 0 Å². The van der Waals surface area contributed by atoms with Gasteiger partial charge in [-0.3, -0.25) is 4.79 Å². The predicted molar refractivity (Wildman–Crippen MR) is 82.3 cm³/mol. The average molecular weight is 322 g/mol. The van der Waals surface area contributed by atoms with E-state index in [9.17, 15) is 13.2 Å². The lowest BCUT2D eigenvalue weighted by Crippen LogP contribution is -2.15. The summed E-state index contributed by atoms with van der Waals surface area (Å²) in [4.78, 5) is 12.1. The number of carbonyl (C=O) groups excluding carboxylic acids is 1. The standard InChI is InChI=1S/C15H18N2O4S/c1-10(2)22(19,20)13-6-4-12(5-7-13)9-15(18)16-14-8-11(3)21-17-14/h4-8,10H,9H2,1-3H3,(H,16,17,18). The Hall–Kier alpha value is -2.15. The summed E-state index contributed by atoms with van der Waals surface area (Å²) >= 11 is 0. The van der Waals surface area contributed by atoms with E-state index in [1.807, 2.05) is 0 Å². The second kappa shape index (κ2) is 6.31. The minimum Gasteiger partial charge on any atom is -0.360 e. The molecule has 0 radical (unpaired) electrons. The van der Waals surface area contributed by atoms with Crippen molar-refractivity contribution < 1.29 is 17.7 Å². The van der Waals surface area contributed by atoms with Crippen LogP contribution in [0.15, 0.2) is 39.8 Å². The van der Waals surface area contributed by atoms with Gasteiger partial charge in [-0.25, -0.2) is 8.42 Å². The number of hydrogen-bond acceptors (Lipinski definition) is 5. The van der Waals surface area contributed by atoms with E-state index in [1.54, 1.807) is 39.0 Å². The van der Waals surface area contributed by atoms with Crippen LogP contribution in [-0.4, -0.2) is 24.7 Å². The van der Waals surface area contributed by atoms with Gasteiger partial charge >= 0.3 is 0 Å². The molecule has 0 aliphatic carbocycles. The van der Waals surface area contributed by atoms with Crippen LogP contribution < -0.4 is 5.32 Å². The Bertz CT molecular complexity index is 761. The quantitative estimate of drug-likeness (QED) is 0.912. The Morgan fingerprint density at radius 2 is 1.91 bits per heavy atom. The second-order valence-corrected chi connectivity index (χ2v) is 7.79. The minimum absolute atomic E-state index is 0.133. The van der Waals surface area contributed by atoms with Gasteiger partial charge in [0.15, 0.2) is 15.7 Å². The molecule has 22 heavy (non-hydrogen) atoms. The van der Waals surface area contributed by atoms with Gasteiger partial charge in [0.1, 0.15) is 5.76 Å². The van der Waals surface area contributed by atoms with E-state index in [2.05, 4.69) is 10.5 Å². The third-order valence-corrected chi connectivity index (χ3v) is 5.30. The van der Waals surface area contributed by atoms with E-state index in [0.717, 1.165) is 5.56 Å². The smallest absolute Gasteiger partial charge is 0.230 e. The molecule has 1 amide bonds. The van der Waals surface area contributed by atoms with Crippen molar-refractivity contribution in [3.8, 4) is 0 Å². The molecule has 0 saturated carbocycles. The first-order valence-electron chi connectivity index (χ1n) is 6.85. The first-order chi connectivity index (χ1) is 10.3. The van der Waals surface area contributed by atoms with Gasteiger partial charge < -0.3 is 9.84 Å². The SMILES string of the molecule is Cc1cc(NC(=O)Cc2ccc(S(=O)(=O)C(C)C)cc2)no1. The summed E-state index contributed by atoms with van der Waals surface area (Å²) in [6, 6.07) is 7.96. The lowest BCUT2D eigenvalue weighted by atomic mass is 10.1. The van der Waals surface area contributed by atoms with Crippen molar-refractivity contribution in [3.63, 3.8) is 0 Å². The number of nitrogens with one attached hydrogen (secondary N) is 1. The first kappa shape index (κ1) is 16.2. The number of carbonyl (C=O) groups is 1. The lowest BCUT2D eigenvalue weighted by Gasteiger charge is -2.08. The Labute approximate surface area is 129 Å². The molecule has 118 valence electrons. The van der Waals surface area contributed by atoms with Gasteiger partial charge in [-0.05, 0) is 38.5 Å². The summed E-state index contributed by atoms with van der Waals surface area (Å²) in [6.07, 6.45) is 0.133. The summed E-state index contributed by atoms with van der Waals surface area (Å²) < 4.78 is 28.9. The van der Waals surface area contributed by atoms with Crippen LogP contribution in [0.3, 0.4) is 0 Å². The molecule has 6 nitrogen and oxygen atoms in total. The summed E-state index contributed by atoms with van der Waals surface area (Å²) in [5.41, 5.74) is 0.723. The van der Waals surface area contributed by atoms with E-state index in [1.165, 1.54) is 12.1 Å². The number of sulfone groups is 1. The highest BCUT2D eigenvalue weighted by molar-refractivity contribution is 7.92. The van der Waals surface area contributed by atoms with Gasteiger partial charge in [0.2, 0.25) is 5.91 Å². The molecule has 0 aliphatic rings. The maximum Gasteiger partial charge on any atom is 0.230 e. The largest absolute Gasteiger partial charge is 0.360 e.